The molecule has 134 valence electrons. The molecule has 6 heteroatoms. The number of amides is 1. The lowest BCUT2D eigenvalue weighted by molar-refractivity contribution is -0.131. The number of hydrogen-bond acceptors (Lipinski definition) is 3. The van der Waals surface area contributed by atoms with Crippen molar-refractivity contribution in [1.82, 2.24) is 15.5 Å². The zero-order valence-electron chi connectivity index (χ0n) is 15.1. The number of nitrogens with zero attached hydrogens (tertiary/aromatic N) is 2. The molecule has 0 aromatic carbocycles. The maximum Gasteiger partial charge on any atom is 0.224 e. The van der Waals surface area contributed by atoms with Gasteiger partial charge in [0.25, 0.3) is 0 Å². The average Bonchev–Trinajstić information content (AvgIpc) is 3.08. The Hall–Kier alpha value is -1.56. The number of carbonyl (C=O) groups excluding carboxylic acids is 1. The molecule has 2 rings (SSSR count). The fourth-order valence-corrected chi connectivity index (χ4v) is 3.84. The van der Waals surface area contributed by atoms with Crippen molar-refractivity contribution in [3.8, 4) is 0 Å². The fraction of sp³-hybridized carbons (Fsp3) is 0.667. The van der Waals surface area contributed by atoms with Gasteiger partial charge in [-0.15, -0.1) is 11.3 Å². The van der Waals surface area contributed by atoms with Crippen molar-refractivity contribution >= 4 is 23.2 Å². The highest BCUT2D eigenvalue weighted by Gasteiger charge is 2.21. The third-order valence-corrected chi connectivity index (χ3v) is 5.75. The van der Waals surface area contributed by atoms with Crippen LogP contribution in [0.5, 0.6) is 0 Å². The molecule has 0 spiro atoms. The first-order chi connectivity index (χ1) is 11.7. The molecule has 24 heavy (non-hydrogen) atoms. The van der Waals surface area contributed by atoms with Crippen molar-refractivity contribution in [2.24, 2.45) is 10.9 Å². The Bertz CT molecular complexity index is 551. The molecule has 0 unspecified atom stereocenters. The lowest BCUT2D eigenvalue weighted by Gasteiger charge is -2.27. The van der Waals surface area contributed by atoms with Gasteiger partial charge in [0.05, 0.1) is 0 Å². The molecule has 1 aliphatic heterocycles. The molecule has 1 aromatic rings. The summed E-state index contributed by atoms with van der Waals surface area (Å²) in [5.74, 6) is 1.67. The van der Waals surface area contributed by atoms with Crippen molar-refractivity contribution in [2.45, 2.75) is 46.1 Å². The monoisotopic (exact) mass is 350 g/mol. The van der Waals surface area contributed by atoms with Gasteiger partial charge in [-0.2, -0.15) is 0 Å². The molecule has 0 saturated carbocycles. The van der Waals surface area contributed by atoms with Gasteiger partial charge in [0.1, 0.15) is 0 Å². The number of thiophene rings is 1. The maximum atomic E-state index is 12.4. The number of guanidine groups is 1. The van der Waals surface area contributed by atoms with E-state index in [-0.39, 0.29) is 5.91 Å². The number of hydrogen-bond donors (Lipinski definition) is 2. The van der Waals surface area contributed by atoms with Crippen molar-refractivity contribution in [3.05, 3.63) is 21.9 Å². The third kappa shape index (κ3) is 5.23. The molecule has 2 heterocycles. The van der Waals surface area contributed by atoms with Gasteiger partial charge < -0.3 is 15.5 Å². The van der Waals surface area contributed by atoms with Crippen molar-refractivity contribution in [1.29, 1.82) is 0 Å². The minimum atomic E-state index is 0.217. The molecule has 0 atom stereocenters. The third-order valence-electron chi connectivity index (χ3n) is 4.73. The molecule has 1 aliphatic rings. The molecule has 0 saturated heterocycles. The Morgan fingerprint density at radius 3 is 2.88 bits per heavy atom. The SMILES string of the molecule is CCC(CC)CNC(=NC)NCCC(=O)N1CCc2sccc2C1. The standard InChI is InChI=1S/C18H30N4OS/c1-4-14(5-2)12-21-18(19-3)20-9-6-17(23)22-10-7-16-15(13-22)8-11-24-16/h8,11,14H,4-7,9-10,12-13H2,1-3H3,(H2,19,20,21). The van der Waals surface area contributed by atoms with Crippen LogP contribution in [0.4, 0.5) is 0 Å². The number of nitrogens with one attached hydrogen (secondary N) is 2. The van der Waals surface area contributed by atoms with Crippen molar-refractivity contribution < 1.29 is 4.79 Å². The van der Waals surface area contributed by atoms with E-state index in [0.29, 0.717) is 18.9 Å². The van der Waals surface area contributed by atoms with Gasteiger partial charge in [-0.05, 0) is 29.3 Å². The molecule has 0 fully saturated rings. The number of aliphatic imine (C=N–C) groups is 1. The zero-order valence-corrected chi connectivity index (χ0v) is 15.9. The van der Waals surface area contributed by atoms with Gasteiger partial charge in [-0.3, -0.25) is 9.79 Å². The van der Waals surface area contributed by atoms with E-state index in [9.17, 15) is 4.79 Å². The zero-order chi connectivity index (χ0) is 17.4. The van der Waals surface area contributed by atoms with Gasteiger partial charge in [0.15, 0.2) is 5.96 Å². The Morgan fingerprint density at radius 2 is 2.17 bits per heavy atom. The number of rotatable bonds is 7. The molecule has 1 aromatic heterocycles. The molecule has 0 aliphatic carbocycles. The normalized spacial score (nSPS) is 14.7. The summed E-state index contributed by atoms with van der Waals surface area (Å²) in [6, 6.07) is 2.14. The molecular weight excluding hydrogens is 320 g/mol. The Morgan fingerprint density at radius 1 is 1.38 bits per heavy atom. The van der Waals surface area contributed by atoms with Gasteiger partial charge >= 0.3 is 0 Å². The highest BCUT2D eigenvalue weighted by Crippen LogP contribution is 2.24. The van der Waals surface area contributed by atoms with E-state index >= 15 is 0 Å². The van der Waals surface area contributed by atoms with Crippen LogP contribution in [0.3, 0.4) is 0 Å². The first kappa shape index (κ1) is 18.8. The van der Waals surface area contributed by atoms with E-state index < -0.39 is 0 Å². The van der Waals surface area contributed by atoms with E-state index in [0.717, 1.165) is 32.0 Å². The maximum absolute atomic E-state index is 12.4. The van der Waals surface area contributed by atoms with E-state index in [1.54, 1.807) is 18.4 Å². The summed E-state index contributed by atoms with van der Waals surface area (Å²) in [5.41, 5.74) is 1.32. The summed E-state index contributed by atoms with van der Waals surface area (Å²) in [7, 11) is 1.77. The summed E-state index contributed by atoms with van der Waals surface area (Å²) in [6.45, 7) is 7.57. The average molecular weight is 351 g/mol. The van der Waals surface area contributed by atoms with Gasteiger partial charge in [0.2, 0.25) is 5.91 Å². The van der Waals surface area contributed by atoms with E-state index in [1.807, 2.05) is 4.90 Å². The minimum Gasteiger partial charge on any atom is -0.356 e. The second kappa shape index (κ2) is 9.67. The first-order valence-electron chi connectivity index (χ1n) is 8.95. The summed E-state index contributed by atoms with van der Waals surface area (Å²) in [4.78, 5) is 20.0. The summed E-state index contributed by atoms with van der Waals surface area (Å²) >= 11 is 1.80. The van der Waals surface area contributed by atoms with Crippen LogP contribution >= 0.6 is 11.3 Å². The summed E-state index contributed by atoms with van der Waals surface area (Å²) < 4.78 is 0. The largest absolute Gasteiger partial charge is 0.356 e. The Kier molecular flexibility index (Phi) is 7.56. The van der Waals surface area contributed by atoms with Gasteiger partial charge in [-0.1, -0.05) is 26.7 Å². The smallest absolute Gasteiger partial charge is 0.224 e. The first-order valence-corrected chi connectivity index (χ1v) is 9.83. The topological polar surface area (TPSA) is 56.7 Å². The van der Waals surface area contributed by atoms with Crippen LogP contribution in [-0.2, 0) is 17.8 Å². The Balaban J connectivity index is 1.70. The van der Waals surface area contributed by atoms with Gasteiger partial charge in [-0.25, -0.2) is 0 Å². The van der Waals surface area contributed by atoms with Crippen LogP contribution in [0.15, 0.2) is 16.4 Å². The van der Waals surface area contributed by atoms with Crippen LogP contribution in [0, 0.1) is 5.92 Å². The molecule has 0 bridgehead atoms. The highest BCUT2D eigenvalue weighted by molar-refractivity contribution is 7.10. The lowest BCUT2D eigenvalue weighted by atomic mass is 10.0. The fourth-order valence-electron chi connectivity index (χ4n) is 2.95. The molecule has 2 N–H and O–H groups in total. The van der Waals surface area contributed by atoms with Crippen LogP contribution in [0.25, 0.3) is 0 Å². The van der Waals surface area contributed by atoms with Crippen LogP contribution in [-0.4, -0.2) is 43.4 Å². The summed E-state index contributed by atoms with van der Waals surface area (Å²) in [6.07, 6.45) is 3.83. The quantitative estimate of drug-likeness (QED) is 0.587. The number of fused-ring (bicyclic) bond motifs is 1. The highest BCUT2D eigenvalue weighted by atomic mass is 32.1. The Labute approximate surface area is 149 Å². The van der Waals surface area contributed by atoms with Crippen LogP contribution in [0.2, 0.25) is 0 Å². The molecule has 5 nitrogen and oxygen atoms in total. The van der Waals surface area contributed by atoms with Crippen molar-refractivity contribution in [2.75, 3.05) is 26.7 Å². The van der Waals surface area contributed by atoms with Crippen molar-refractivity contribution in [3.63, 3.8) is 0 Å². The molecule has 0 radical (unpaired) electrons. The summed E-state index contributed by atoms with van der Waals surface area (Å²) in [5, 5.41) is 8.72. The second-order valence-electron chi connectivity index (χ2n) is 6.25. The minimum absolute atomic E-state index is 0.217. The van der Waals surface area contributed by atoms with Crippen LogP contribution < -0.4 is 10.6 Å². The number of carbonyl (C=O) groups is 1. The second-order valence-corrected chi connectivity index (χ2v) is 7.25. The van der Waals surface area contributed by atoms with Crippen LogP contribution in [0.1, 0.15) is 43.6 Å². The van der Waals surface area contributed by atoms with E-state index in [1.165, 1.54) is 23.3 Å². The van der Waals surface area contributed by atoms with E-state index in [2.05, 4.69) is 40.9 Å². The predicted octanol–water partition coefficient (Wildman–Crippen LogP) is 2.62. The lowest BCUT2D eigenvalue weighted by Crippen LogP contribution is -2.42. The predicted molar refractivity (Wildman–Crippen MR) is 101 cm³/mol. The molecular formula is C18H30N4OS. The van der Waals surface area contributed by atoms with Gasteiger partial charge in [0, 0.05) is 44.5 Å². The van der Waals surface area contributed by atoms with E-state index in [4.69, 9.17) is 0 Å². The molecule has 1 amide bonds.